The zero-order chi connectivity index (χ0) is 14.8. The number of morpholine rings is 1. The highest BCUT2D eigenvalue weighted by molar-refractivity contribution is 5.66. The molecule has 1 aliphatic carbocycles. The number of anilines is 2. The van der Waals surface area contributed by atoms with Crippen LogP contribution in [0.25, 0.3) is 0 Å². The molecule has 7 nitrogen and oxygen atoms in total. The number of pyridine rings is 1. The van der Waals surface area contributed by atoms with Gasteiger partial charge in [-0.3, -0.25) is 0 Å². The minimum Gasteiger partial charge on any atom is -0.465 e. The van der Waals surface area contributed by atoms with Gasteiger partial charge in [0.2, 0.25) is 0 Å². The number of rotatable bonds is 4. The van der Waals surface area contributed by atoms with Gasteiger partial charge in [-0.15, -0.1) is 0 Å². The van der Waals surface area contributed by atoms with Gasteiger partial charge in [0, 0.05) is 19.1 Å². The summed E-state index contributed by atoms with van der Waals surface area (Å²) >= 11 is 0. The molecule has 0 unspecified atom stereocenters. The predicted octanol–water partition coefficient (Wildman–Crippen LogP) is 1.01. The van der Waals surface area contributed by atoms with Gasteiger partial charge in [0.25, 0.3) is 0 Å². The van der Waals surface area contributed by atoms with Crippen molar-refractivity contribution in [2.75, 3.05) is 36.9 Å². The molecule has 0 radical (unpaired) electrons. The molecule has 2 aliphatic rings. The first kappa shape index (κ1) is 13.9. The van der Waals surface area contributed by atoms with Crippen LogP contribution < -0.4 is 10.6 Å². The van der Waals surface area contributed by atoms with Crippen molar-refractivity contribution >= 4 is 17.6 Å². The topological polar surface area (TPSA) is 91.9 Å². The van der Waals surface area contributed by atoms with E-state index in [0.29, 0.717) is 25.5 Å². The summed E-state index contributed by atoms with van der Waals surface area (Å²) < 4.78 is 5.72. The molecule has 3 N–H and O–H groups in total. The summed E-state index contributed by atoms with van der Waals surface area (Å²) in [6.45, 7) is 2.47. The Bertz CT molecular complexity index is 503. The van der Waals surface area contributed by atoms with Crippen LogP contribution in [0.1, 0.15) is 12.8 Å². The third-order valence-corrected chi connectivity index (χ3v) is 3.91. The summed E-state index contributed by atoms with van der Waals surface area (Å²) in [4.78, 5) is 19.0. The van der Waals surface area contributed by atoms with Crippen molar-refractivity contribution in [2.45, 2.75) is 25.0 Å². The minimum atomic E-state index is -0.854. The Kier molecular flexibility index (Phi) is 3.83. The Balaban J connectivity index is 1.62. The van der Waals surface area contributed by atoms with Crippen LogP contribution in [0.4, 0.5) is 16.3 Å². The van der Waals surface area contributed by atoms with E-state index in [2.05, 4.69) is 9.88 Å². The normalized spacial score (nSPS) is 22.1. The van der Waals surface area contributed by atoms with Crippen LogP contribution in [0.5, 0.6) is 0 Å². The lowest BCUT2D eigenvalue weighted by atomic mass is 10.2. The van der Waals surface area contributed by atoms with Gasteiger partial charge in [0.15, 0.2) is 0 Å². The number of hydrogen-bond acceptors (Lipinski definition) is 5. The van der Waals surface area contributed by atoms with Gasteiger partial charge >= 0.3 is 6.09 Å². The third kappa shape index (κ3) is 3.36. The van der Waals surface area contributed by atoms with Gasteiger partial charge in [-0.25, -0.2) is 9.78 Å². The van der Waals surface area contributed by atoms with E-state index < -0.39 is 6.09 Å². The average molecular weight is 292 g/mol. The van der Waals surface area contributed by atoms with Gasteiger partial charge in [-0.1, -0.05) is 0 Å². The number of ether oxygens (including phenoxy) is 1. The van der Waals surface area contributed by atoms with Crippen LogP contribution in [-0.4, -0.2) is 59.5 Å². The SMILES string of the molecule is Nc1ccc(N2CCO[C@H](CN(C(=O)O)C3CC3)C2)cn1. The molecule has 1 atom stereocenters. The van der Waals surface area contributed by atoms with E-state index in [4.69, 9.17) is 10.5 Å². The largest absolute Gasteiger partial charge is 0.465 e. The van der Waals surface area contributed by atoms with Crippen LogP contribution in [0.3, 0.4) is 0 Å². The highest BCUT2D eigenvalue weighted by atomic mass is 16.5. The second kappa shape index (κ2) is 5.77. The first-order valence-corrected chi connectivity index (χ1v) is 7.21. The summed E-state index contributed by atoms with van der Waals surface area (Å²) in [6.07, 6.45) is 2.71. The van der Waals surface area contributed by atoms with Gasteiger partial charge in [-0.2, -0.15) is 0 Å². The summed E-state index contributed by atoms with van der Waals surface area (Å²) in [5.41, 5.74) is 6.59. The van der Waals surface area contributed by atoms with Gasteiger partial charge in [-0.05, 0) is 25.0 Å². The molecule has 2 fully saturated rings. The summed E-state index contributed by atoms with van der Waals surface area (Å²) in [5, 5.41) is 9.26. The molecule has 3 rings (SSSR count). The van der Waals surface area contributed by atoms with Crippen LogP contribution in [0, 0.1) is 0 Å². The molecule has 0 bridgehead atoms. The Morgan fingerprint density at radius 2 is 2.33 bits per heavy atom. The van der Waals surface area contributed by atoms with Gasteiger partial charge in [0.05, 0.1) is 31.1 Å². The molecular weight excluding hydrogens is 272 g/mol. The zero-order valence-electron chi connectivity index (χ0n) is 11.8. The summed E-state index contributed by atoms with van der Waals surface area (Å²) in [7, 11) is 0. The molecule has 1 saturated heterocycles. The number of carboxylic acid groups (broad SMARTS) is 1. The van der Waals surface area contributed by atoms with Crippen LogP contribution >= 0.6 is 0 Å². The number of nitrogens with zero attached hydrogens (tertiary/aromatic N) is 3. The lowest BCUT2D eigenvalue weighted by Gasteiger charge is -2.36. The molecule has 1 aromatic rings. The number of aromatic nitrogens is 1. The van der Waals surface area contributed by atoms with Crippen molar-refractivity contribution in [3.05, 3.63) is 18.3 Å². The quantitative estimate of drug-likeness (QED) is 0.860. The fourth-order valence-corrected chi connectivity index (χ4v) is 2.64. The number of nitrogen functional groups attached to an aromatic ring is 1. The molecule has 1 saturated carbocycles. The molecule has 0 spiro atoms. The summed E-state index contributed by atoms with van der Waals surface area (Å²) in [6, 6.07) is 3.88. The molecule has 1 amide bonds. The molecule has 1 aliphatic heterocycles. The maximum Gasteiger partial charge on any atom is 0.407 e. The van der Waals surface area contributed by atoms with Crippen molar-refractivity contribution in [1.82, 2.24) is 9.88 Å². The molecule has 114 valence electrons. The van der Waals surface area contributed by atoms with Crippen LogP contribution in [0.2, 0.25) is 0 Å². The average Bonchev–Trinajstić information content (AvgIpc) is 3.30. The molecule has 1 aromatic heterocycles. The number of carbonyl (C=O) groups is 1. The van der Waals surface area contributed by atoms with E-state index in [1.54, 1.807) is 12.3 Å². The molecule has 21 heavy (non-hydrogen) atoms. The van der Waals surface area contributed by atoms with E-state index in [1.165, 1.54) is 4.90 Å². The smallest absolute Gasteiger partial charge is 0.407 e. The Labute approximate surface area is 123 Å². The van der Waals surface area contributed by atoms with Crippen LogP contribution in [-0.2, 0) is 4.74 Å². The van der Waals surface area contributed by atoms with Crippen molar-refractivity contribution < 1.29 is 14.6 Å². The highest BCUT2D eigenvalue weighted by Gasteiger charge is 2.35. The molecule has 2 heterocycles. The Morgan fingerprint density at radius 3 is 2.95 bits per heavy atom. The van der Waals surface area contributed by atoms with Crippen molar-refractivity contribution in [3.8, 4) is 0 Å². The Hall–Kier alpha value is -2.02. The number of hydrogen-bond donors (Lipinski definition) is 2. The van der Waals surface area contributed by atoms with E-state index in [1.807, 2.05) is 6.07 Å². The molecule has 7 heteroatoms. The standard InChI is InChI=1S/C14H20N4O3/c15-13-4-3-11(7-16-13)17-5-6-21-12(8-17)9-18(14(19)20)10-1-2-10/h3-4,7,10,12H,1-2,5-6,8-9H2,(H2,15,16)(H,19,20)/t12-/m0/s1. The van der Waals surface area contributed by atoms with Crippen LogP contribution in [0.15, 0.2) is 18.3 Å². The maximum absolute atomic E-state index is 11.3. The second-order valence-corrected chi connectivity index (χ2v) is 5.55. The van der Waals surface area contributed by atoms with Crippen molar-refractivity contribution in [3.63, 3.8) is 0 Å². The monoisotopic (exact) mass is 292 g/mol. The second-order valence-electron chi connectivity index (χ2n) is 5.55. The van der Waals surface area contributed by atoms with Gasteiger partial charge in [0.1, 0.15) is 5.82 Å². The number of amides is 1. The number of nitrogens with two attached hydrogens (primary N) is 1. The third-order valence-electron chi connectivity index (χ3n) is 3.91. The maximum atomic E-state index is 11.3. The van der Waals surface area contributed by atoms with E-state index in [9.17, 15) is 9.90 Å². The van der Waals surface area contributed by atoms with E-state index >= 15 is 0 Å². The van der Waals surface area contributed by atoms with Crippen molar-refractivity contribution in [2.24, 2.45) is 0 Å². The van der Waals surface area contributed by atoms with Gasteiger partial charge < -0.3 is 25.4 Å². The van der Waals surface area contributed by atoms with E-state index in [-0.39, 0.29) is 12.1 Å². The molecular formula is C14H20N4O3. The summed E-state index contributed by atoms with van der Waals surface area (Å²) in [5.74, 6) is 0.495. The Morgan fingerprint density at radius 1 is 1.52 bits per heavy atom. The highest BCUT2D eigenvalue weighted by Crippen LogP contribution is 2.28. The zero-order valence-corrected chi connectivity index (χ0v) is 11.8. The lowest BCUT2D eigenvalue weighted by molar-refractivity contribution is 0.0159. The molecule has 0 aromatic carbocycles. The van der Waals surface area contributed by atoms with Crippen molar-refractivity contribution in [1.29, 1.82) is 0 Å². The minimum absolute atomic E-state index is 0.104. The fourth-order valence-electron chi connectivity index (χ4n) is 2.64. The lowest BCUT2D eigenvalue weighted by Crippen LogP contribution is -2.49. The predicted molar refractivity (Wildman–Crippen MR) is 78.4 cm³/mol. The van der Waals surface area contributed by atoms with E-state index in [0.717, 1.165) is 25.1 Å². The first-order valence-electron chi connectivity index (χ1n) is 7.21. The fraction of sp³-hybridized carbons (Fsp3) is 0.571. The first-order chi connectivity index (χ1) is 10.1.